The molecule has 4 unspecified atom stereocenters. The van der Waals surface area contributed by atoms with Gasteiger partial charge in [-0.05, 0) is 129 Å². The number of aromatic nitrogens is 1. The highest BCUT2D eigenvalue weighted by molar-refractivity contribution is 6.31. The van der Waals surface area contributed by atoms with Crippen molar-refractivity contribution < 1.29 is 48.0 Å². The van der Waals surface area contributed by atoms with Gasteiger partial charge in [0, 0.05) is 28.7 Å². The molecule has 4 atom stereocenters. The number of benzene rings is 3. The first-order chi connectivity index (χ1) is 32.5. The number of cyclic esters (lactones) is 2. The maximum absolute atomic E-state index is 12.5. The van der Waals surface area contributed by atoms with E-state index in [2.05, 4.69) is 44.5 Å². The zero-order valence-corrected chi connectivity index (χ0v) is 37.1. The standard InChI is InChI=1S/C24H23N5O4.C23H24ClN3O4.CH2O2/c25-10-14-3-1-2-13-6-17(9-18(13)14)26-16-7-15(8-16)20-11-29(24(31)33-20)21-5-4-19-23(27-21)28-22(30)12-32-19;24-19-3-1-2-15-8-14(9-18(15)19)11-25-7-6-17-12-27(23(29)31-17)16-4-5-21-20(10-16)26-22(28)13-30-21;2-1-3/h1-5,15-17,20,26H,6-9,11-12H2,(H,27,28,30);1-5,10,14,17,25H,6-9,11-13H2,(H,26,28);1H,(H,2,3). The lowest BCUT2D eigenvalue weighted by Crippen LogP contribution is -2.50. The summed E-state index contributed by atoms with van der Waals surface area (Å²) >= 11 is 6.31. The van der Waals surface area contributed by atoms with Gasteiger partial charge in [-0.25, -0.2) is 14.6 Å². The molecule has 1 aromatic heterocycles. The number of nitrogens with one attached hydrogen (secondary N) is 4. The summed E-state index contributed by atoms with van der Waals surface area (Å²) in [6, 6.07) is 23.9. The number of hydrogen-bond donors (Lipinski definition) is 5. The van der Waals surface area contributed by atoms with Crippen molar-refractivity contribution in [2.45, 2.75) is 69.2 Å². The Kier molecular flexibility index (Phi) is 13.4. The van der Waals surface area contributed by atoms with Crippen LogP contribution in [-0.2, 0) is 49.5 Å². The van der Waals surface area contributed by atoms with E-state index in [0.29, 0.717) is 71.5 Å². The van der Waals surface area contributed by atoms with Gasteiger partial charge in [-0.2, -0.15) is 5.26 Å². The number of hydrogen-bond acceptors (Lipinski definition) is 13. The molecule has 2 saturated heterocycles. The minimum atomic E-state index is -0.415. The van der Waals surface area contributed by atoms with Crippen molar-refractivity contribution in [2.24, 2.45) is 11.8 Å². The Hall–Kier alpha value is -6.94. The maximum Gasteiger partial charge on any atom is 0.415 e. The fourth-order valence-corrected chi connectivity index (χ4v) is 10.1. The number of pyridine rings is 1. The van der Waals surface area contributed by atoms with Crippen LogP contribution in [0.4, 0.5) is 32.6 Å². The first-order valence-electron chi connectivity index (χ1n) is 22.3. The molecule has 5 heterocycles. The van der Waals surface area contributed by atoms with Crippen LogP contribution in [0.3, 0.4) is 0 Å². The van der Waals surface area contributed by atoms with Crippen LogP contribution >= 0.6 is 11.6 Å². The predicted octanol–water partition coefficient (Wildman–Crippen LogP) is 5.24. The molecule has 4 aromatic rings. The average Bonchev–Trinajstić information content (AvgIpc) is 4.11. The maximum atomic E-state index is 12.5. The van der Waals surface area contributed by atoms with Crippen LogP contribution in [0, 0.1) is 23.2 Å². The number of amides is 4. The number of halogens is 1. The van der Waals surface area contributed by atoms with Crippen molar-refractivity contribution >= 4 is 65.1 Å². The number of rotatable bonds is 10. The van der Waals surface area contributed by atoms with Crippen LogP contribution in [0.5, 0.6) is 11.5 Å². The van der Waals surface area contributed by atoms with Crippen molar-refractivity contribution in [2.75, 3.05) is 59.8 Å². The Bertz CT molecular complexity index is 2620. The van der Waals surface area contributed by atoms with E-state index in [1.807, 2.05) is 24.3 Å². The number of fused-ring (bicyclic) bond motifs is 4. The van der Waals surface area contributed by atoms with Gasteiger partial charge < -0.3 is 45.3 Å². The van der Waals surface area contributed by atoms with Gasteiger partial charge in [0.1, 0.15) is 23.8 Å². The Morgan fingerprint density at radius 2 is 1.57 bits per heavy atom. The summed E-state index contributed by atoms with van der Waals surface area (Å²) < 4.78 is 21.9. The van der Waals surface area contributed by atoms with Gasteiger partial charge in [-0.3, -0.25) is 24.2 Å². The van der Waals surface area contributed by atoms with Gasteiger partial charge >= 0.3 is 12.2 Å². The first-order valence-corrected chi connectivity index (χ1v) is 22.7. The summed E-state index contributed by atoms with van der Waals surface area (Å²) in [5, 5.41) is 29.8. The summed E-state index contributed by atoms with van der Waals surface area (Å²) in [7, 11) is 0. The smallest absolute Gasteiger partial charge is 0.415 e. The van der Waals surface area contributed by atoms with Gasteiger partial charge in [0.2, 0.25) is 0 Å². The third kappa shape index (κ3) is 10.1. The lowest BCUT2D eigenvalue weighted by atomic mass is 9.76. The predicted molar refractivity (Wildman–Crippen MR) is 245 cm³/mol. The molecule has 1 saturated carbocycles. The van der Waals surface area contributed by atoms with Crippen molar-refractivity contribution in [3.05, 3.63) is 99.6 Å². The van der Waals surface area contributed by atoms with E-state index in [0.717, 1.165) is 68.6 Å². The number of carbonyl (C=O) groups is 5. The highest BCUT2D eigenvalue weighted by Crippen LogP contribution is 2.39. The highest BCUT2D eigenvalue weighted by Gasteiger charge is 2.45. The third-order valence-electron chi connectivity index (χ3n) is 13.1. The summed E-state index contributed by atoms with van der Waals surface area (Å²) in [6.07, 6.45) is 5.40. The molecule has 0 radical (unpaired) electrons. The summed E-state index contributed by atoms with van der Waals surface area (Å²) in [5.74, 6) is 2.24. The first kappa shape index (κ1) is 45.2. The molecule has 18 nitrogen and oxygen atoms in total. The quantitative estimate of drug-likeness (QED) is 0.101. The van der Waals surface area contributed by atoms with Crippen LogP contribution in [0.2, 0.25) is 5.02 Å². The van der Waals surface area contributed by atoms with Crippen LogP contribution in [0.1, 0.15) is 47.1 Å². The minimum Gasteiger partial charge on any atom is -0.483 e. The fourth-order valence-electron chi connectivity index (χ4n) is 9.86. The second-order valence-corrected chi connectivity index (χ2v) is 17.9. The normalized spacial score (nSPS) is 23.9. The van der Waals surface area contributed by atoms with Crippen molar-refractivity contribution in [3.8, 4) is 17.6 Å². The monoisotopic (exact) mass is 932 g/mol. The Balaban J connectivity index is 0.000000159. The van der Waals surface area contributed by atoms with Gasteiger partial charge in [0.25, 0.3) is 18.3 Å². The van der Waals surface area contributed by atoms with E-state index in [4.69, 9.17) is 40.4 Å². The zero-order chi connectivity index (χ0) is 46.6. The molecule has 3 aromatic carbocycles. The van der Waals surface area contributed by atoms with Crippen LogP contribution in [-0.4, -0.2) is 104 Å². The SMILES string of the molecule is N#Cc1cccc2c1CC(NC1CC(C3CN(c4ccc5c(n4)NC(=O)CO5)C(=O)O3)C1)C2.O=C1COc2ccc(N3CC(CCNCC4Cc5cccc(Cl)c5C4)OC3=O)cc2N1.O=CO. The Labute approximate surface area is 390 Å². The topological polar surface area (TPSA) is 234 Å². The molecular formula is C48H49ClN8O10. The zero-order valence-electron chi connectivity index (χ0n) is 36.4. The number of nitriles is 1. The molecule has 11 rings (SSSR count). The summed E-state index contributed by atoms with van der Waals surface area (Å²) in [6.45, 7) is 2.34. The molecular weight excluding hydrogens is 884 g/mol. The fraction of sp³-hybridized carbons (Fsp3) is 0.396. The second kappa shape index (κ2) is 19.9. The van der Waals surface area contributed by atoms with Crippen molar-refractivity contribution in [3.63, 3.8) is 0 Å². The van der Waals surface area contributed by atoms with E-state index in [1.54, 1.807) is 35.2 Å². The average molecular weight is 933 g/mol. The molecule has 3 aliphatic carbocycles. The molecule has 0 bridgehead atoms. The minimum absolute atomic E-state index is 0.00710. The van der Waals surface area contributed by atoms with Crippen molar-refractivity contribution in [1.29, 1.82) is 5.26 Å². The molecule has 67 heavy (non-hydrogen) atoms. The van der Waals surface area contributed by atoms with Crippen molar-refractivity contribution in [1.82, 2.24) is 15.6 Å². The van der Waals surface area contributed by atoms with E-state index >= 15 is 0 Å². The number of nitrogens with zero attached hydrogens (tertiary/aromatic N) is 4. The van der Waals surface area contributed by atoms with E-state index in [9.17, 15) is 24.4 Å². The largest absolute Gasteiger partial charge is 0.483 e. The second-order valence-electron chi connectivity index (χ2n) is 17.5. The van der Waals surface area contributed by atoms with Crippen LogP contribution in [0.25, 0.3) is 0 Å². The number of anilines is 4. The number of carbonyl (C=O) groups excluding carboxylic acids is 4. The molecule has 19 heteroatoms. The molecule has 348 valence electrons. The Morgan fingerprint density at radius 1 is 0.836 bits per heavy atom. The molecule has 4 amide bonds. The number of ether oxygens (including phenoxy) is 4. The lowest BCUT2D eigenvalue weighted by molar-refractivity contribution is -0.123. The molecule has 3 fully saturated rings. The number of carboxylic acid groups (broad SMARTS) is 1. The van der Waals surface area contributed by atoms with E-state index in [1.165, 1.54) is 27.2 Å². The molecule has 0 spiro atoms. The van der Waals surface area contributed by atoms with Crippen LogP contribution < -0.4 is 40.5 Å². The van der Waals surface area contributed by atoms with Gasteiger partial charge in [-0.1, -0.05) is 35.9 Å². The molecule has 7 aliphatic rings. The lowest BCUT2D eigenvalue weighted by Gasteiger charge is -2.39. The molecule has 5 N–H and O–H groups in total. The van der Waals surface area contributed by atoms with Gasteiger partial charge in [-0.15, -0.1) is 0 Å². The highest BCUT2D eigenvalue weighted by atomic mass is 35.5. The third-order valence-corrected chi connectivity index (χ3v) is 13.5. The van der Waals surface area contributed by atoms with E-state index in [-0.39, 0.29) is 49.8 Å². The molecule has 4 aliphatic heterocycles. The van der Waals surface area contributed by atoms with Crippen LogP contribution in [0.15, 0.2) is 66.7 Å². The summed E-state index contributed by atoms with van der Waals surface area (Å²) in [5.41, 5.74) is 7.11. The van der Waals surface area contributed by atoms with E-state index < -0.39 is 6.09 Å². The summed E-state index contributed by atoms with van der Waals surface area (Å²) in [4.78, 5) is 63.8. The van der Waals surface area contributed by atoms with Gasteiger partial charge in [0.15, 0.2) is 24.8 Å². The Morgan fingerprint density at radius 3 is 2.36 bits per heavy atom. The van der Waals surface area contributed by atoms with Gasteiger partial charge in [0.05, 0.1) is 30.4 Å².